The van der Waals surface area contributed by atoms with Gasteiger partial charge in [-0.15, -0.1) is 0 Å². The molecule has 0 aliphatic heterocycles. The quantitative estimate of drug-likeness (QED) is 0.892. The molecule has 1 unspecified atom stereocenters. The van der Waals surface area contributed by atoms with E-state index in [0.29, 0.717) is 16.4 Å². The first-order valence-corrected chi connectivity index (χ1v) is 6.15. The molecule has 5 nitrogen and oxygen atoms in total. The van der Waals surface area contributed by atoms with E-state index in [1.165, 1.54) is 0 Å². The van der Waals surface area contributed by atoms with Crippen LogP contribution in [0, 0.1) is 0 Å². The number of carbonyl (C=O) groups excluding carboxylic acids is 1. The molecule has 0 fully saturated rings. The number of benzene rings is 1. The molecule has 2 N–H and O–H groups in total. The van der Waals surface area contributed by atoms with Crippen LogP contribution in [0.2, 0.25) is 5.02 Å². The Morgan fingerprint density at radius 2 is 2.16 bits per heavy atom. The van der Waals surface area contributed by atoms with Crippen LogP contribution in [0.25, 0.3) is 0 Å². The second kappa shape index (κ2) is 5.86. The number of nitrogens with one attached hydrogen (secondary N) is 1. The minimum atomic E-state index is -0.776. The molecule has 1 heterocycles. The summed E-state index contributed by atoms with van der Waals surface area (Å²) in [5.74, 6) is -0.0104. The van der Waals surface area contributed by atoms with Crippen LogP contribution in [0.4, 0.5) is 0 Å². The number of amides is 1. The summed E-state index contributed by atoms with van der Waals surface area (Å²) in [6.07, 6.45) is 2.45. The highest BCUT2D eigenvalue weighted by Crippen LogP contribution is 2.15. The molecule has 2 aromatic rings. The molecule has 1 aromatic heterocycles. The Labute approximate surface area is 115 Å². The zero-order chi connectivity index (χ0) is 13.8. The Bertz CT molecular complexity index is 566. The van der Waals surface area contributed by atoms with Crippen LogP contribution in [-0.4, -0.2) is 27.1 Å². The highest BCUT2D eigenvalue weighted by atomic mass is 35.5. The fraction of sp³-hybridized carbons (Fsp3) is 0.231. The first-order chi connectivity index (χ1) is 9.08. The van der Waals surface area contributed by atoms with E-state index < -0.39 is 6.10 Å². The normalized spacial score (nSPS) is 12.2. The SMILES string of the molecule is Cn1ccnc1C(=O)NCC(O)c1ccc(Cl)cc1. The van der Waals surface area contributed by atoms with Gasteiger partial charge in [0.1, 0.15) is 0 Å². The van der Waals surface area contributed by atoms with E-state index in [0.717, 1.165) is 0 Å². The maximum absolute atomic E-state index is 11.8. The minimum Gasteiger partial charge on any atom is -0.387 e. The van der Waals surface area contributed by atoms with Gasteiger partial charge in [0.2, 0.25) is 0 Å². The molecule has 1 atom stereocenters. The number of carbonyl (C=O) groups is 1. The van der Waals surface area contributed by atoms with Gasteiger partial charge in [-0.05, 0) is 17.7 Å². The average Bonchev–Trinajstić information content (AvgIpc) is 2.83. The van der Waals surface area contributed by atoms with Crippen LogP contribution in [0.15, 0.2) is 36.7 Å². The fourth-order valence-corrected chi connectivity index (χ4v) is 1.78. The van der Waals surface area contributed by atoms with Gasteiger partial charge in [-0.25, -0.2) is 4.98 Å². The molecule has 6 heteroatoms. The fourth-order valence-electron chi connectivity index (χ4n) is 1.66. The summed E-state index contributed by atoms with van der Waals surface area (Å²) in [7, 11) is 1.73. The highest BCUT2D eigenvalue weighted by molar-refractivity contribution is 6.30. The molecule has 2 rings (SSSR count). The van der Waals surface area contributed by atoms with E-state index in [1.807, 2.05) is 0 Å². The third-order valence-corrected chi connectivity index (χ3v) is 2.99. The van der Waals surface area contributed by atoms with Crippen molar-refractivity contribution in [2.24, 2.45) is 7.05 Å². The highest BCUT2D eigenvalue weighted by Gasteiger charge is 2.13. The molecule has 0 saturated heterocycles. The van der Waals surface area contributed by atoms with Crippen LogP contribution in [0.1, 0.15) is 22.3 Å². The van der Waals surface area contributed by atoms with E-state index in [-0.39, 0.29) is 12.5 Å². The zero-order valence-corrected chi connectivity index (χ0v) is 11.1. The monoisotopic (exact) mass is 279 g/mol. The largest absolute Gasteiger partial charge is 0.387 e. The molecule has 0 radical (unpaired) electrons. The molecule has 1 amide bonds. The summed E-state index contributed by atoms with van der Waals surface area (Å²) < 4.78 is 1.62. The van der Waals surface area contributed by atoms with Crippen molar-refractivity contribution >= 4 is 17.5 Å². The molecule has 0 saturated carbocycles. The summed E-state index contributed by atoms with van der Waals surface area (Å²) in [4.78, 5) is 15.7. The van der Waals surface area contributed by atoms with E-state index in [1.54, 1.807) is 48.3 Å². The van der Waals surface area contributed by atoms with Crippen LogP contribution in [0.5, 0.6) is 0 Å². The molecule has 19 heavy (non-hydrogen) atoms. The third kappa shape index (κ3) is 3.33. The molecule has 100 valence electrons. The van der Waals surface area contributed by atoms with Gasteiger partial charge in [-0.1, -0.05) is 23.7 Å². The first-order valence-electron chi connectivity index (χ1n) is 5.77. The first kappa shape index (κ1) is 13.6. The number of imidazole rings is 1. The van der Waals surface area contributed by atoms with Crippen molar-refractivity contribution in [3.8, 4) is 0 Å². The van der Waals surface area contributed by atoms with Crippen molar-refractivity contribution in [3.63, 3.8) is 0 Å². The van der Waals surface area contributed by atoms with Gasteiger partial charge in [0.25, 0.3) is 5.91 Å². The van der Waals surface area contributed by atoms with E-state index in [4.69, 9.17) is 11.6 Å². The molecular formula is C13H14ClN3O2. The number of hydrogen-bond acceptors (Lipinski definition) is 3. The van der Waals surface area contributed by atoms with Gasteiger partial charge in [0, 0.05) is 31.0 Å². The predicted molar refractivity (Wildman–Crippen MR) is 72.0 cm³/mol. The van der Waals surface area contributed by atoms with Gasteiger partial charge < -0.3 is 15.0 Å². The molecule has 0 bridgehead atoms. The standard InChI is InChI=1S/C13H14ClN3O2/c1-17-7-6-15-12(17)13(19)16-8-11(18)9-2-4-10(14)5-3-9/h2-7,11,18H,8H2,1H3,(H,16,19). The van der Waals surface area contributed by atoms with Gasteiger partial charge >= 0.3 is 0 Å². The Morgan fingerprint density at radius 1 is 1.47 bits per heavy atom. The van der Waals surface area contributed by atoms with Crippen molar-refractivity contribution < 1.29 is 9.90 Å². The molecule has 1 aromatic carbocycles. The number of aromatic nitrogens is 2. The number of rotatable bonds is 4. The number of aliphatic hydroxyl groups is 1. The number of hydrogen-bond donors (Lipinski definition) is 2. The van der Waals surface area contributed by atoms with Gasteiger partial charge in [-0.2, -0.15) is 0 Å². The molecule has 0 aliphatic rings. The lowest BCUT2D eigenvalue weighted by Gasteiger charge is -2.12. The van der Waals surface area contributed by atoms with Gasteiger partial charge in [0.15, 0.2) is 5.82 Å². The van der Waals surface area contributed by atoms with Crippen molar-refractivity contribution in [1.29, 1.82) is 0 Å². The van der Waals surface area contributed by atoms with E-state index in [2.05, 4.69) is 10.3 Å². The van der Waals surface area contributed by atoms with Gasteiger partial charge in [-0.3, -0.25) is 4.79 Å². The topological polar surface area (TPSA) is 67.2 Å². The molecular weight excluding hydrogens is 266 g/mol. The smallest absolute Gasteiger partial charge is 0.287 e. The lowest BCUT2D eigenvalue weighted by molar-refractivity contribution is 0.0903. The lowest BCUT2D eigenvalue weighted by Crippen LogP contribution is -2.30. The average molecular weight is 280 g/mol. The second-order valence-electron chi connectivity index (χ2n) is 4.14. The number of aryl methyl sites for hydroxylation is 1. The second-order valence-corrected chi connectivity index (χ2v) is 4.58. The van der Waals surface area contributed by atoms with E-state index in [9.17, 15) is 9.90 Å². The lowest BCUT2D eigenvalue weighted by atomic mass is 10.1. The van der Waals surface area contributed by atoms with Gasteiger partial charge in [0.05, 0.1) is 6.10 Å². The molecule has 0 aliphatic carbocycles. The number of halogens is 1. The summed E-state index contributed by atoms with van der Waals surface area (Å²) in [5, 5.41) is 13.2. The Kier molecular flexibility index (Phi) is 4.19. The van der Waals surface area contributed by atoms with Crippen molar-refractivity contribution in [2.75, 3.05) is 6.54 Å². The summed E-state index contributed by atoms with van der Waals surface area (Å²) in [6, 6.07) is 6.83. The summed E-state index contributed by atoms with van der Waals surface area (Å²) in [6.45, 7) is 0.118. The summed E-state index contributed by atoms with van der Waals surface area (Å²) >= 11 is 5.77. The molecule has 0 spiro atoms. The Hall–Kier alpha value is -1.85. The summed E-state index contributed by atoms with van der Waals surface area (Å²) in [5.41, 5.74) is 0.699. The number of aliphatic hydroxyl groups excluding tert-OH is 1. The minimum absolute atomic E-state index is 0.118. The zero-order valence-electron chi connectivity index (χ0n) is 10.4. The van der Waals surface area contributed by atoms with Crippen molar-refractivity contribution in [2.45, 2.75) is 6.10 Å². The van der Waals surface area contributed by atoms with Crippen LogP contribution in [-0.2, 0) is 7.05 Å². The van der Waals surface area contributed by atoms with Crippen LogP contribution in [0.3, 0.4) is 0 Å². The van der Waals surface area contributed by atoms with Crippen LogP contribution < -0.4 is 5.32 Å². The van der Waals surface area contributed by atoms with Crippen molar-refractivity contribution in [3.05, 3.63) is 53.1 Å². The Balaban J connectivity index is 1.94. The maximum atomic E-state index is 11.8. The van der Waals surface area contributed by atoms with E-state index >= 15 is 0 Å². The third-order valence-electron chi connectivity index (χ3n) is 2.74. The Morgan fingerprint density at radius 3 is 2.74 bits per heavy atom. The van der Waals surface area contributed by atoms with Crippen molar-refractivity contribution in [1.82, 2.24) is 14.9 Å². The van der Waals surface area contributed by atoms with Crippen LogP contribution >= 0.6 is 11.6 Å². The maximum Gasteiger partial charge on any atom is 0.287 e. The predicted octanol–water partition coefficient (Wildman–Crippen LogP) is 1.54. The number of nitrogens with zero attached hydrogens (tertiary/aromatic N) is 2.